The molecule has 4 heterocycles. The number of carboxylic acids is 1. The Morgan fingerprint density at radius 2 is 1.41 bits per heavy atom. The summed E-state index contributed by atoms with van der Waals surface area (Å²) in [5.41, 5.74) is 1.82. The number of nitrogens with one attached hydrogen (secondary N) is 4. The summed E-state index contributed by atoms with van der Waals surface area (Å²) in [6.45, 7) is 3.74. The highest BCUT2D eigenvalue weighted by atomic mass is 127. The second-order valence-electron chi connectivity index (χ2n) is 23.0. The Morgan fingerprint density at radius 3 is 2.04 bits per heavy atom. The van der Waals surface area contributed by atoms with Crippen LogP contribution in [-0.4, -0.2) is 274 Å². The summed E-state index contributed by atoms with van der Waals surface area (Å²) >= 11 is 2.24. The SMILES string of the molecule is C#C[C@H]1CC(F)(F)CN1C(=O)CNC(=O)c1ccnc2ccc(OCCCCN3CCN(C(=O)[C@H](CC(=O)OC)NC(=O)[C@H](CCCCNC(=O)CCCc4ccc(I)cc4)NC(=O)CN4CCN(COC=O)CCN(COC=O)CCN(CC(=O)O)CC4)CC3)cc12. The maximum atomic E-state index is 14.5. The molecule has 2 aromatic carbocycles. The van der Waals surface area contributed by atoms with Crippen LogP contribution in [-0.2, 0) is 63.8 Å². The number of fused-ring (bicyclic) bond motifs is 1. The van der Waals surface area contributed by atoms with Crippen LogP contribution in [0.1, 0.15) is 73.7 Å². The number of hydrogen-bond acceptors (Lipinski definition) is 20. The first-order chi connectivity index (χ1) is 44.8. The number of halogens is 3. The van der Waals surface area contributed by atoms with Crippen molar-refractivity contribution in [3.63, 3.8) is 0 Å². The van der Waals surface area contributed by atoms with Gasteiger partial charge in [0.15, 0.2) is 0 Å². The molecular weight excluding hydrogens is 1330 g/mol. The number of methoxy groups -OCH3 is 1. The average molecular weight is 1420 g/mol. The topological polar surface area (TPSA) is 312 Å². The fourth-order valence-corrected chi connectivity index (χ4v) is 11.3. The van der Waals surface area contributed by atoms with Crippen molar-refractivity contribution in [2.24, 2.45) is 0 Å². The quantitative estimate of drug-likeness (QED) is 0.0140. The highest BCUT2D eigenvalue weighted by molar-refractivity contribution is 14.1. The molecule has 0 spiro atoms. The number of benzene rings is 2. The van der Waals surface area contributed by atoms with Gasteiger partial charge in [0.1, 0.15) is 31.3 Å². The van der Waals surface area contributed by atoms with Crippen LogP contribution in [0.5, 0.6) is 5.75 Å². The van der Waals surface area contributed by atoms with Crippen molar-refractivity contribution >= 4 is 93.8 Å². The number of terminal acetylenes is 1. The number of nitrogens with zero attached hydrogens (tertiary/aromatic N) is 8. The smallest absolute Gasteiger partial charge is 0.317 e. The molecule has 3 aliphatic heterocycles. The molecule has 5 N–H and O–H groups in total. The lowest BCUT2D eigenvalue weighted by Gasteiger charge is -2.36. The number of aryl methyl sites for hydroxylation is 1. The highest BCUT2D eigenvalue weighted by Crippen LogP contribution is 2.32. The van der Waals surface area contributed by atoms with E-state index in [2.05, 4.69) is 59.7 Å². The number of hydrogen-bond donors (Lipinski definition) is 5. The second kappa shape index (κ2) is 39.1. The van der Waals surface area contributed by atoms with E-state index in [1.54, 1.807) is 32.9 Å². The molecule has 0 saturated carbocycles. The van der Waals surface area contributed by atoms with Crippen molar-refractivity contribution in [2.75, 3.05) is 145 Å². The zero-order valence-corrected chi connectivity index (χ0v) is 54.6. The zero-order valence-electron chi connectivity index (χ0n) is 52.5. The fourth-order valence-electron chi connectivity index (χ4n) is 11.0. The van der Waals surface area contributed by atoms with Crippen LogP contribution in [0.15, 0.2) is 54.7 Å². The van der Waals surface area contributed by atoms with Crippen molar-refractivity contribution in [1.29, 1.82) is 0 Å². The van der Waals surface area contributed by atoms with E-state index >= 15 is 0 Å². The average Bonchev–Trinajstić information content (AvgIpc) is 1.78. The summed E-state index contributed by atoms with van der Waals surface area (Å²) in [5, 5.41) is 21.3. The first-order valence-corrected chi connectivity index (χ1v) is 32.2. The van der Waals surface area contributed by atoms with E-state index < -0.39 is 91.5 Å². The van der Waals surface area contributed by atoms with E-state index in [0.717, 1.165) is 26.9 Å². The van der Waals surface area contributed by atoms with Gasteiger partial charge in [-0.3, -0.25) is 77.4 Å². The third-order valence-corrected chi connectivity index (χ3v) is 16.9. The van der Waals surface area contributed by atoms with E-state index in [9.17, 15) is 61.8 Å². The van der Waals surface area contributed by atoms with Gasteiger partial charge in [-0.05, 0) is 116 Å². The molecule has 0 radical (unpaired) electrons. The minimum Gasteiger partial charge on any atom is -0.494 e. The Balaban J connectivity index is 1.03. The van der Waals surface area contributed by atoms with Crippen molar-refractivity contribution < 1.29 is 80.8 Å². The van der Waals surface area contributed by atoms with Crippen molar-refractivity contribution in [3.8, 4) is 18.1 Å². The molecule has 0 aliphatic carbocycles. The van der Waals surface area contributed by atoms with Crippen molar-refractivity contribution in [2.45, 2.75) is 88.3 Å². The zero-order chi connectivity index (χ0) is 67.1. The number of carbonyl (C=O) groups is 10. The number of amides is 6. The molecule has 93 heavy (non-hydrogen) atoms. The van der Waals surface area contributed by atoms with Crippen LogP contribution in [0, 0.1) is 15.9 Å². The van der Waals surface area contributed by atoms with Crippen LogP contribution in [0.2, 0.25) is 0 Å². The summed E-state index contributed by atoms with van der Waals surface area (Å²) in [4.78, 5) is 145. The Kier molecular flexibility index (Phi) is 31.3. The Morgan fingerprint density at radius 1 is 0.763 bits per heavy atom. The molecule has 1 aromatic heterocycles. The molecule has 3 atom stereocenters. The molecule has 30 heteroatoms. The number of carbonyl (C=O) groups excluding carboxylic acids is 9. The van der Waals surface area contributed by atoms with Gasteiger partial charge in [0, 0.05) is 113 Å². The summed E-state index contributed by atoms with van der Waals surface area (Å²) in [5.74, 6) is -5.51. The van der Waals surface area contributed by atoms with E-state index in [4.69, 9.17) is 25.4 Å². The Bertz CT molecular complexity index is 3030. The minimum atomic E-state index is -3.12. The normalized spacial score (nSPS) is 17.7. The predicted octanol–water partition coefficient (Wildman–Crippen LogP) is 1.15. The van der Waals surface area contributed by atoms with Crippen LogP contribution >= 0.6 is 22.6 Å². The summed E-state index contributed by atoms with van der Waals surface area (Å²) in [7, 11) is 1.17. The Labute approximate surface area is 553 Å². The number of aliphatic carboxylic acids is 1. The van der Waals surface area contributed by atoms with Gasteiger partial charge in [0.05, 0.1) is 63.4 Å². The Hall–Kier alpha value is -7.70. The van der Waals surface area contributed by atoms with Crippen molar-refractivity contribution in [1.82, 2.24) is 60.6 Å². The first-order valence-electron chi connectivity index (χ1n) is 31.1. The number of alkyl halides is 2. The maximum Gasteiger partial charge on any atom is 0.317 e. The lowest BCUT2D eigenvalue weighted by molar-refractivity contribution is -0.147. The van der Waals surface area contributed by atoms with Gasteiger partial charge in [-0.25, -0.2) is 8.78 Å². The lowest BCUT2D eigenvalue weighted by Crippen LogP contribution is -2.58. The molecule has 0 unspecified atom stereocenters. The number of rotatable bonds is 34. The molecule has 6 amide bonds. The van der Waals surface area contributed by atoms with Gasteiger partial charge < -0.3 is 55.1 Å². The van der Waals surface area contributed by atoms with Crippen LogP contribution in [0.4, 0.5) is 8.78 Å². The molecule has 6 rings (SSSR count). The van der Waals surface area contributed by atoms with E-state index in [1.165, 1.54) is 19.4 Å². The van der Waals surface area contributed by atoms with Crippen LogP contribution < -0.4 is 26.0 Å². The summed E-state index contributed by atoms with van der Waals surface area (Å²) in [6.07, 6.45) is 9.65. The molecule has 27 nitrogen and oxygen atoms in total. The molecule has 0 bridgehead atoms. The van der Waals surface area contributed by atoms with E-state index in [0.29, 0.717) is 121 Å². The number of carboxylic acid groups (broad SMARTS) is 1. The number of pyridine rings is 1. The highest BCUT2D eigenvalue weighted by Gasteiger charge is 2.46. The molecule has 3 saturated heterocycles. The largest absolute Gasteiger partial charge is 0.494 e. The van der Waals surface area contributed by atoms with Gasteiger partial charge in [0.2, 0.25) is 29.5 Å². The predicted molar refractivity (Wildman–Crippen MR) is 343 cm³/mol. The third-order valence-electron chi connectivity index (χ3n) is 16.2. The number of esters is 1. The second-order valence-corrected chi connectivity index (χ2v) is 24.2. The van der Waals surface area contributed by atoms with Gasteiger partial charge in [-0.2, -0.15) is 0 Å². The minimum absolute atomic E-state index is 0.0409. The van der Waals surface area contributed by atoms with E-state index in [-0.39, 0.29) is 83.7 Å². The van der Waals surface area contributed by atoms with Crippen LogP contribution in [0.25, 0.3) is 10.9 Å². The number of piperazine rings is 1. The monoisotopic (exact) mass is 1410 g/mol. The molecule has 3 aromatic rings. The number of aromatic nitrogens is 1. The molecule has 3 fully saturated rings. The lowest BCUT2D eigenvalue weighted by atomic mass is 10.1. The first kappa shape index (κ1) is 74.3. The van der Waals surface area contributed by atoms with E-state index in [1.807, 2.05) is 34.1 Å². The third kappa shape index (κ3) is 26.0. The molecular formula is C63H85F2IN12O15. The molecule has 508 valence electrons. The summed E-state index contributed by atoms with van der Waals surface area (Å²) in [6, 6.07) is 11.0. The number of ether oxygens (including phenoxy) is 4. The maximum absolute atomic E-state index is 14.5. The standard InChI is InChI=1S/C63H85F2IN12O15/c1-3-48-37-63(64,65)41-78(48)57(83)38-69-60(87)50-18-20-67-52-17-16-49(35-51(50)52)93-34-7-6-21-72-30-32-77(33-31-72)62(89)54(36-59(86)90-2)71-61(88)53(10-4-5-19-68-55(81)11-8-9-46-12-14-47(66)15-13-46)70-56(82)39-73-22-23-74(40-58(84)85)25-27-76(43-92-45-80)29-28-75(26-24-73)42-91-44-79/h1,12-18,20,35,44-45,48,53-54H,4-11,19,21-34,36-43H2,2H3,(H,68,81)(H,69,87)(H,70,82)(H,71,88)(H,84,85)/t48-,53-,54-/m0/s1. The number of unbranched alkanes of at least 4 members (excludes halogenated alkanes) is 2. The van der Waals surface area contributed by atoms with Gasteiger partial charge in [-0.1, -0.05) is 18.1 Å². The van der Waals surface area contributed by atoms with Gasteiger partial charge >= 0.3 is 11.9 Å². The summed E-state index contributed by atoms with van der Waals surface area (Å²) < 4.78 is 50.2. The fraction of sp³-hybridized carbons (Fsp3) is 0.571. The van der Waals surface area contributed by atoms with Crippen molar-refractivity contribution in [3.05, 3.63) is 69.4 Å². The van der Waals surface area contributed by atoms with Gasteiger partial charge in [0.25, 0.3) is 24.8 Å². The van der Waals surface area contributed by atoms with Crippen LogP contribution in [0.3, 0.4) is 0 Å². The molecule has 3 aliphatic rings. The van der Waals surface area contributed by atoms with Gasteiger partial charge in [-0.15, -0.1) is 6.42 Å². The number of likely N-dealkylation sites (tertiary alicyclic amines) is 1.